The predicted molar refractivity (Wildman–Crippen MR) is 111 cm³/mol. The highest BCUT2D eigenvalue weighted by atomic mass is 32.3. The maximum atomic E-state index is 11.2. The minimum Gasteiger partial charge on any atom is -0.285 e. The SMILES string of the molecule is CCCCCCCCCCCCCCCCCCOS(=O)(=O)CS(=O)(=O)O. The fourth-order valence-electron chi connectivity index (χ4n) is 3.05. The molecule has 0 unspecified atom stereocenters. The number of hydrogen-bond donors (Lipinski definition) is 1. The predicted octanol–water partition coefficient (Wildman–Crippen LogP) is 5.44. The van der Waals surface area contributed by atoms with Crippen LogP contribution in [-0.2, 0) is 24.4 Å². The van der Waals surface area contributed by atoms with Crippen molar-refractivity contribution in [3.05, 3.63) is 0 Å². The van der Waals surface area contributed by atoms with Gasteiger partial charge in [0.1, 0.15) is 0 Å². The Labute approximate surface area is 167 Å². The molecule has 0 fully saturated rings. The van der Waals surface area contributed by atoms with Crippen molar-refractivity contribution in [2.24, 2.45) is 0 Å². The second-order valence-corrected chi connectivity index (χ2v) is 10.8. The van der Waals surface area contributed by atoms with Crippen LogP contribution in [0.25, 0.3) is 0 Å². The summed E-state index contributed by atoms with van der Waals surface area (Å²) in [5.41, 5.74) is 0. The summed E-state index contributed by atoms with van der Waals surface area (Å²) in [6.45, 7) is 2.22. The lowest BCUT2D eigenvalue weighted by Crippen LogP contribution is -2.18. The molecule has 0 atom stereocenters. The minimum absolute atomic E-state index is 0.0315. The summed E-state index contributed by atoms with van der Waals surface area (Å²) in [7, 11) is -8.77. The van der Waals surface area contributed by atoms with Gasteiger partial charge in [0.15, 0.2) is 0 Å². The average molecular weight is 429 g/mol. The largest absolute Gasteiger partial charge is 0.285 e. The zero-order valence-corrected chi connectivity index (χ0v) is 18.7. The first-order valence-electron chi connectivity index (χ1n) is 10.6. The van der Waals surface area contributed by atoms with E-state index in [-0.39, 0.29) is 6.61 Å². The van der Waals surface area contributed by atoms with Crippen molar-refractivity contribution in [1.82, 2.24) is 0 Å². The maximum Gasteiger partial charge on any atom is 0.284 e. The topological polar surface area (TPSA) is 97.7 Å². The zero-order valence-electron chi connectivity index (χ0n) is 17.0. The molecule has 0 spiro atoms. The van der Waals surface area contributed by atoms with E-state index < -0.39 is 25.3 Å². The van der Waals surface area contributed by atoms with E-state index in [0.29, 0.717) is 6.42 Å². The van der Waals surface area contributed by atoms with Crippen molar-refractivity contribution in [3.63, 3.8) is 0 Å². The van der Waals surface area contributed by atoms with Crippen molar-refractivity contribution in [3.8, 4) is 0 Å². The molecule has 0 aromatic carbocycles. The van der Waals surface area contributed by atoms with Gasteiger partial charge in [-0.3, -0.25) is 8.74 Å². The lowest BCUT2D eigenvalue weighted by atomic mass is 10.0. The molecule has 0 saturated carbocycles. The van der Waals surface area contributed by atoms with Crippen LogP contribution < -0.4 is 0 Å². The van der Waals surface area contributed by atoms with Crippen molar-refractivity contribution in [2.75, 3.05) is 11.7 Å². The van der Waals surface area contributed by atoms with E-state index >= 15 is 0 Å². The monoisotopic (exact) mass is 428 g/mol. The second-order valence-electron chi connectivity index (χ2n) is 7.38. The lowest BCUT2D eigenvalue weighted by molar-refractivity contribution is 0.308. The van der Waals surface area contributed by atoms with Gasteiger partial charge in [0.25, 0.3) is 20.2 Å². The summed E-state index contributed by atoms with van der Waals surface area (Å²) in [6.07, 6.45) is 19.6. The molecule has 0 bridgehead atoms. The van der Waals surface area contributed by atoms with Gasteiger partial charge in [-0.25, -0.2) is 0 Å². The molecule has 0 radical (unpaired) electrons. The van der Waals surface area contributed by atoms with E-state index in [4.69, 9.17) is 4.55 Å². The van der Waals surface area contributed by atoms with Gasteiger partial charge in [0.2, 0.25) is 5.08 Å². The van der Waals surface area contributed by atoms with E-state index in [1.54, 1.807) is 0 Å². The Balaban J connectivity index is 3.28. The van der Waals surface area contributed by atoms with Crippen LogP contribution in [0.3, 0.4) is 0 Å². The Morgan fingerprint density at radius 3 is 1.26 bits per heavy atom. The molecule has 1 N–H and O–H groups in total. The van der Waals surface area contributed by atoms with E-state index in [0.717, 1.165) is 19.3 Å². The summed E-state index contributed by atoms with van der Waals surface area (Å²) in [5, 5.41) is -1.38. The van der Waals surface area contributed by atoms with E-state index in [1.165, 1.54) is 77.0 Å². The van der Waals surface area contributed by atoms with Gasteiger partial charge in [0, 0.05) is 0 Å². The van der Waals surface area contributed by atoms with Gasteiger partial charge in [-0.2, -0.15) is 16.8 Å². The molecule has 164 valence electrons. The summed E-state index contributed by atoms with van der Waals surface area (Å²) in [4.78, 5) is 0. The fourth-order valence-corrected chi connectivity index (χ4v) is 5.16. The third-order valence-electron chi connectivity index (χ3n) is 4.55. The second kappa shape index (κ2) is 16.7. The van der Waals surface area contributed by atoms with Crippen LogP contribution in [0.1, 0.15) is 110 Å². The average Bonchev–Trinajstić information content (AvgIpc) is 2.55. The van der Waals surface area contributed by atoms with Crippen LogP contribution in [-0.4, -0.2) is 33.1 Å². The van der Waals surface area contributed by atoms with Gasteiger partial charge in [-0.05, 0) is 6.42 Å². The molecule has 0 aliphatic rings. The molecule has 0 amide bonds. The highest BCUT2D eigenvalue weighted by molar-refractivity contribution is 8.03. The molecule has 0 aliphatic heterocycles. The maximum absolute atomic E-state index is 11.2. The molecule has 0 aliphatic carbocycles. The van der Waals surface area contributed by atoms with Gasteiger partial charge < -0.3 is 0 Å². The third kappa shape index (κ3) is 22.0. The number of hydrogen-bond acceptors (Lipinski definition) is 5. The standard InChI is InChI=1S/C19H40O6S2/c1-2-3-4-5-6-7-8-9-10-11-12-13-14-15-16-17-18-25-27(23,24)19-26(20,21)22/h2-19H2,1H3,(H,20,21,22). The Morgan fingerprint density at radius 1 is 0.593 bits per heavy atom. The van der Waals surface area contributed by atoms with Gasteiger partial charge in [0.05, 0.1) is 6.61 Å². The Kier molecular flexibility index (Phi) is 16.6. The lowest BCUT2D eigenvalue weighted by Gasteiger charge is -2.05. The summed E-state index contributed by atoms with van der Waals surface area (Å²) in [5.74, 6) is 0. The van der Waals surface area contributed by atoms with Crippen molar-refractivity contribution < 1.29 is 25.6 Å². The smallest absolute Gasteiger partial charge is 0.284 e. The zero-order chi connectivity index (χ0) is 20.4. The highest BCUT2D eigenvalue weighted by Crippen LogP contribution is 2.13. The first-order valence-corrected chi connectivity index (χ1v) is 13.8. The van der Waals surface area contributed by atoms with Crippen LogP contribution in [0, 0.1) is 0 Å². The van der Waals surface area contributed by atoms with Crippen LogP contribution in [0.15, 0.2) is 0 Å². The summed E-state index contributed by atoms with van der Waals surface area (Å²) >= 11 is 0. The molecule has 0 aromatic heterocycles. The van der Waals surface area contributed by atoms with E-state index in [2.05, 4.69) is 11.1 Å². The third-order valence-corrected chi connectivity index (χ3v) is 7.43. The molecule has 6 nitrogen and oxygen atoms in total. The van der Waals surface area contributed by atoms with Crippen molar-refractivity contribution in [1.29, 1.82) is 0 Å². The molecular weight excluding hydrogens is 388 g/mol. The molecule has 0 heterocycles. The molecule has 27 heavy (non-hydrogen) atoms. The molecule has 0 rings (SSSR count). The number of unbranched alkanes of at least 4 members (excludes halogenated alkanes) is 15. The van der Waals surface area contributed by atoms with Gasteiger partial charge in [-0.1, -0.05) is 103 Å². The van der Waals surface area contributed by atoms with Crippen LogP contribution >= 0.6 is 0 Å². The van der Waals surface area contributed by atoms with Gasteiger partial charge in [-0.15, -0.1) is 0 Å². The van der Waals surface area contributed by atoms with Crippen molar-refractivity contribution in [2.45, 2.75) is 110 Å². The molecular formula is C19H40O6S2. The summed E-state index contributed by atoms with van der Waals surface area (Å²) < 4.78 is 56.6. The van der Waals surface area contributed by atoms with E-state index in [9.17, 15) is 16.8 Å². The van der Waals surface area contributed by atoms with Crippen LogP contribution in [0.5, 0.6) is 0 Å². The van der Waals surface area contributed by atoms with Gasteiger partial charge >= 0.3 is 0 Å². The minimum atomic E-state index is -4.57. The molecule has 8 heteroatoms. The Morgan fingerprint density at radius 2 is 0.926 bits per heavy atom. The van der Waals surface area contributed by atoms with Crippen molar-refractivity contribution >= 4 is 20.2 Å². The Hall–Kier alpha value is -0.180. The first-order chi connectivity index (χ1) is 12.8. The fraction of sp³-hybridized carbons (Fsp3) is 1.00. The highest BCUT2D eigenvalue weighted by Gasteiger charge is 2.20. The number of rotatable bonds is 20. The quantitative estimate of drug-likeness (QED) is 0.157. The van der Waals surface area contributed by atoms with Crippen LogP contribution in [0.4, 0.5) is 0 Å². The first kappa shape index (κ1) is 26.8. The van der Waals surface area contributed by atoms with E-state index in [1.807, 2.05) is 0 Å². The molecule has 0 aromatic rings. The molecule has 0 saturated heterocycles. The Bertz CT molecular complexity index is 528. The van der Waals surface area contributed by atoms with Crippen LogP contribution in [0.2, 0.25) is 0 Å². The summed E-state index contributed by atoms with van der Waals surface area (Å²) in [6, 6.07) is 0. The normalized spacial score (nSPS) is 12.5.